The van der Waals surface area contributed by atoms with E-state index in [-0.39, 0.29) is 0 Å². The third-order valence-electron chi connectivity index (χ3n) is 4.47. The SMILES string of the molecule is Brc1c2ccccc2c2ccc3cccc4ccc1c2c43. The molecule has 0 nitrogen and oxygen atoms in total. The van der Waals surface area contributed by atoms with Crippen molar-refractivity contribution in [2.24, 2.45) is 0 Å². The molecule has 0 unspecified atom stereocenters. The van der Waals surface area contributed by atoms with Crippen molar-refractivity contribution < 1.29 is 0 Å². The second-order valence-corrected chi connectivity index (χ2v) is 6.33. The standard InChI is InChI=1S/C20H11Br/c21-20-16-7-2-1-6-14(16)15-10-8-12-4-3-5-13-9-11-17(20)19(15)18(12)13/h1-11H. The maximum atomic E-state index is 3.83. The van der Waals surface area contributed by atoms with Crippen molar-refractivity contribution in [3.8, 4) is 0 Å². The normalized spacial score (nSPS) is 12.0. The Morgan fingerprint density at radius 3 is 1.90 bits per heavy atom. The minimum Gasteiger partial charge on any atom is -0.0616 e. The second-order valence-electron chi connectivity index (χ2n) is 5.54. The van der Waals surface area contributed by atoms with E-state index in [1.807, 2.05) is 0 Å². The van der Waals surface area contributed by atoms with Crippen LogP contribution in [0.3, 0.4) is 0 Å². The first-order valence-corrected chi connectivity index (χ1v) is 7.87. The minimum atomic E-state index is 1.20. The van der Waals surface area contributed by atoms with Gasteiger partial charge in [-0.1, -0.05) is 66.7 Å². The molecular weight excluding hydrogens is 320 g/mol. The zero-order valence-corrected chi connectivity index (χ0v) is 12.8. The summed E-state index contributed by atoms with van der Waals surface area (Å²) in [6.07, 6.45) is 0. The monoisotopic (exact) mass is 330 g/mol. The van der Waals surface area contributed by atoms with Crippen molar-refractivity contribution in [1.82, 2.24) is 0 Å². The fraction of sp³-hybridized carbons (Fsp3) is 0. The van der Waals surface area contributed by atoms with Crippen LogP contribution in [-0.4, -0.2) is 0 Å². The van der Waals surface area contributed by atoms with E-state index in [4.69, 9.17) is 0 Å². The quantitative estimate of drug-likeness (QED) is 0.224. The van der Waals surface area contributed by atoms with Gasteiger partial charge in [0, 0.05) is 4.47 Å². The van der Waals surface area contributed by atoms with Gasteiger partial charge < -0.3 is 0 Å². The first-order chi connectivity index (χ1) is 10.3. The molecule has 0 saturated carbocycles. The lowest BCUT2D eigenvalue weighted by molar-refractivity contribution is 1.76. The van der Waals surface area contributed by atoms with E-state index in [2.05, 4.69) is 82.7 Å². The van der Waals surface area contributed by atoms with Crippen LogP contribution in [0.1, 0.15) is 0 Å². The Kier molecular flexibility index (Phi) is 2.17. The highest BCUT2D eigenvalue weighted by molar-refractivity contribution is 9.10. The van der Waals surface area contributed by atoms with Gasteiger partial charge in [-0.25, -0.2) is 0 Å². The first kappa shape index (κ1) is 11.5. The third-order valence-corrected chi connectivity index (χ3v) is 5.32. The van der Waals surface area contributed by atoms with Crippen molar-refractivity contribution in [2.45, 2.75) is 0 Å². The molecule has 0 aliphatic carbocycles. The summed E-state index contributed by atoms with van der Waals surface area (Å²) in [4.78, 5) is 0. The van der Waals surface area contributed by atoms with E-state index in [1.54, 1.807) is 0 Å². The maximum Gasteiger partial charge on any atom is 0.0332 e. The number of benzene rings is 5. The van der Waals surface area contributed by atoms with E-state index in [9.17, 15) is 0 Å². The van der Waals surface area contributed by atoms with Crippen molar-refractivity contribution >= 4 is 59.0 Å². The molecule has 0 aliphatic rings. The first-order valence-electron chi connectivity index (χ1n) is 7.08. The number of rotatable bonds is 0. The summed E-state index contributed by atoms with van der Waals surface area (Å²) in [7, 11) is 0. The Morgan fingerprint density at radius 1 is 0.476 bits per heavy atom. The van der Waals surface area contributed by atoms with Gasteiger partial charge in [0.2, 0.25) is 0 Å². The average Bonchev–Trinajstić information content (AvgIpc) is 2.55. The molecule has 0 heterocycles. The van der Waals surface area contributed by atoms with Gasteiger partial charge in [-0.3, -0.25) is 0 Å². The summed E-state index contributed by atoms with van der Waals surface area (Å²) in [6.45, 7) is 0. The van der Waals surface area contributed by atoms with Gasteiger partial charge in [0.05, 0.1) is 0 Å². The van der Waals surface area contributed by atoms with Gasteiger partial charge in [0.25, 0.3) is 0 Å². The molecule has 0 bridgehead atoms. The van der Waals surface area contributed by atoms with E-state index in [1.165, 1.54) is 47.6 Å². The number of fused-ring (bicyclic) bond motifs is 2. The number of hydrogen-bond acceptors (Lipinski definition) is 0. The highest BCUT2D eigenvalue weighted by atomic mass is 79.9. The molecule has 5 aromatic rings. The lowest BCUT2D eigenvalue weighted by atomic mass is 9.91. The van der Waals surface area contributed by atoms with Crippen LogP contribution in [0.2, 0.25) is 0 Å². The van der Waals surface area contributed by atoms with Crippen LogP contribution in [0.25, 0.3) is 43.1 Å². The second kappa shape index (κ2) is 3.96. The molecule has 0 atom stereocenters. The molecular formula is C20H11Br. The lowest BCUT2D eigenvalue weighted by Crippen LogP contribution is -1.87. The molecule has 0 aromatic heterocycles. The summed E-state index contributed by atoms with van der Waals surface area (Å²) < 4.78 is 1.20. The Morgan fingerprint density at radius 2 is 1.14 bits per heavy atom. The number of hydrogen-bond donors (Lipinski definition) is 0. The Balaban J connectivity index is 2.26. The van der Waals surface area contributed by atoms with Gasteiger partial charge in [-0.2, -0.15) is 0 Å². The van der Waals surface area contributed by atoms with Gasteiger partial charge in [0.1, 0.15) is 0 Å². The molecule has 5 rings (SSSR count). The van der Waals surface area contributed by atoms with Gasteiger partial charge in [0.15, 0.2) is 0 Å². The third kappa shape index (κ3) is 1.39. The lowest BCUT2D eigenvalue weighted by Gasteiger charge is -2.14. The molecule has 0 amide bonds. The topological polar surface area (TPSA) is 0 Å². The fourth-order valence-electron chi connectivity index (χ4n) is 3.54. The van der Waals surface area contributed by atoms with Gasteiger partial charge in [-0.15, -0.1) is 0 Å². The Hall–Kier alpha value is -2.12. The predicted octanol–water partition coefficient (Wildman–Crippen LogP) is 6.50. The van der Waals surface area contributed by atoms with Crippen LogP contribution >= 0.6 is 15.9 Å². The summed E-state index contributed by atoms with van der Waals surface area (Å²) >= 11 is 3.83. The van der Waals surface area contributed by atoms with Crippen LogP contribution < -0.4 is 0 Å². The molecule has 0 radical (unpaired) electrons. The minimum absolute atomic E-state index is 1.20. The van der Waals surface area contributed by atoms with Crippen LogP contribution in [0, 0.1) is 0 Å². The highest BCUT2D eigenvalue weighted by Gasteiger charge is 2.13. The summed E-state index contributed by atoms with van der Waals surface area (Å²) in [5.74, 6) is 0. The maximum absolute atomic E-state index is 3.83. The zero-order chi connectivity index (χ0) is 14.0. The Bertz CT molecular complexity index is 1120. The van der Waals surface area contributed by atoms with E-state index >= 15 is 0 Å². The largest absolute Gasteiger partial charge is 0.0616 e. The molecule has 5 aromatic carbocycles. The molecule has 21 heavy (non-hydrogen) atoms. The van der Waals surface area contributed by atoms with Crippen molar-refractivity contribution in [1.29, 1.82) is 0 Å². The fourth-order valence-corrected chi connectivity index (χ4v) is 4.22. The van der Waals surface area contributed by atoms with Crippen molar-refractivity contribution in [2.75, 3.05) is 0 Å². The van der Waals surface area contributed by atoms with E-state index in [0.717, 1.165) is 0 Å². The number of halogens is 1. The van der Waals surface area contributed by atoms with Crippen LogP contribution in [0.5, 0.6) is 0 Å². The molecule has 0 N–H and O–H groups in total. The average molecular weight is 331 g/mol. The zero-order valence-electron chi connectivity index (χ0n) is 11.2. The molecule has 0 aliphatic heterocycles. The molecule has 0 spiro atoms. The van der Waals surface area contributed by atoms with Crippen LogP contribution in [-0.2, 0) is 0 Å². The summed E-state index contributed by atoms with van der Waals surface area (Å²) in [5, 5.41) is 10.6. The summed E-state index contributed by atoms with van der Waals surface area (Å²) in [6, 6.07) is 24.1. The smallest absolute Gasteiger partial charge is 0.0332 e. The summed E-state index contributed by atoms with van der Waals surface area (Å²) in [5.41, 5.74) is 0. The van der Waals surface area contributed by atoms with Gasteiger partial charge in [-0.05, 0) is 59.0 Å². The Labute approximate surface area is 130 Å². The molecule has 0 saturated heterocycles. The predicted molar refractivity (Wildman–Crippen MR) is 95.4 cm³/mol. The van der Waals surface area contributed by atoms with Gasteiger partial charge >= 0.3 is 0 Å². The van der Waals surface area contributed by atoms with Crippen LogP contribution in [0.4, 0.5) is 0 Å². The van der Waals surface area contributed by atoms with E-state index in [0.29, 0.717) is 0 Å². The van der Waals surface area contributed by atoms with E-state index < -0.39 is 0 Å². The highest BCUT2D eigenvalue weighted by Crippen LogP contribution is 2.42. The van der Waals surface area contributed by atoms with Crippen molar-refractivity contribution in [3.63, 3.8) is 0 Å². The van der Waals surface area contributed by atoms with Crippen molar-refractivity contribution in [3.05, 3.63) is 71.2 Å². The molecule has 0 fully saturated rings. The van der Waals surface area contributed by atoms with Crippen LogP contribution in [0.15, 0.2) is 71.2 Å². The molecule has 1 heteroatoms. The molecule has 98 valence electrons.